The van der Waals surface area contributed by atoms with Crippen LogP contribution in [0.15, 0.2) is 30.9 Å². The maximum atomic E-state index is 12.4. The second-order valence-corrected chi connectivity index (χ2v) is 10.3. The lowest BCUT2D eigenvalue weighted by atomic mass is 10.1. The molecule has 0 saturated carbocycles. The number of fused-ring (bicyclic) bond motifs is 1. The third-order valence-electron chi connectivity index (χ3n) is 7.14. The average Bonchev–Trinajstić information content (AvgIpc) is 3.56. The van der Waals surface area contributed by atoms with Crippen LogP contribution in [0.2, 0.25) is 5.02 Å². The summed E-state index contributed by atoms with van der Waals surface area (Å²) in [6.07, 6.45) is -0.373. The molecule has 226 valence electrons. The Balaban J connectivity index is 1.22. The van der Waals surface area contributed by atoms with Crippen molar-refractivity contribution in [3.05, 3.63) is 41.4 Å². The van der Waals surface area contributed by atoms with Gasteiger partial charge in [-0.3, -0.25) is 19.1 Å². The number of aromatic nitrogens is 4. The molecule has 2 fully saturated rings. The van der Waals surface area contributed by atoms with Gasteiger partial charge in [-0.05, 0) is 18.2 Å². The number of imidazole rings is 1. The number of hydrogen-bond acceptors (Lipinski definition) is 12. The minimum atomic E-state index is -1.17. The van der Waals surface area contributed by atoms with Crippen molar-refractivity contribution in [3.8, 4) is 5.75 Å². The number of nitrogens with zero attached hydrogens (tertiary/aromatic N) is 5. The molecule has 2 aliphatic heterocycles. The van der Waals surface area contributed by atoms with E-state index in [1.165, 1.54) is 24.3 Å². The molecule has 1 aromatic carbocycles. The van der Waals surface area contributed by atoms with Gasteiger partial charge in [0.2, 0.25) is 0 Å². The molecule has 0 spiro atoms. The highest BCUT2D eigenvalue weighted by molar-refractivity contribution is 6.30. The van der Waals surface area contributed by atoms with Crippen molar-refractivity contribution in [2.45, 2.75) is 31.0 Å². The Morgan fingerprint density at radius 2 is 2.05 bits per heavy atom. The van der Waals surface area contributed by atoms with E-state index in [1.54, 1.807) is 18.2 Å². The van der Waals surface area contributed by atoms with E-state index >= 15 is 0 Å². The minimum Gasteiger partial charge on any atom is -0.483 e. The molecule has 2 saturated heterocycles. The Morgan fingerprint density at radius 3 is 2.83 bits per heavy atom. The van der Waals surface area contributed by atoms with Gasteiger partial charge in [0.25, 0.3) is 11.8 Å². The number of carbonyl (C=O) groups excluding carboxylic acids is 2. The van der Waals surface area contributed by atoms with E-state index in [4.69, 9.17) is 31.5 Å². The van der Waals surface area contributed by atoms with Crippen LogP contribution in [0.25, 0.3) is 11.2 Å². The number of likely N-dealkylation sites (N-methyl/N-ethyl adjacent to an activating group) is 1. The lowest BCUT2D eigenvalue weighted by Crippen LogP contribution is -2.46. The summed E-state index contributed by atoms with van der Waals surface area (Å²) in [6, 6.07) is 4.20. The summed E-state index contributed by atoms with van der Waals surface area (Å²) in [5.74, 6) is 0.235. The number of rotatable bonds is 11. The van der Waals surface area contributed by atoms with E-state index in [2.05, 4.69) is 35.8 Å². The number of nitrogens with two attached hydrogens (primary N) is 1. The smallest absolute Gasteiger partial charge is 0.257 e. The Bertz CT molecular complexity index is 1400. The molecule has 42 heavy (non-hydrogen) atoms. The van der Waals surface area contributed by atoms with Crippen LogP contribution in [0, 0.1) is 0 Å². The first-order valence-electron chi connectivity index (χ1n) is 13.6. The van der Waals surface area contributed by atoms with Crippen molar-refractivity contribution in [2.24, 2.45) is 5.73 Å². The molecule has 2 aliphatic rings. The van der Waals surface area contributed by atoms with Crippen molar-refractivity contribution in [1.82, 2.24) is 35.1 Å². The second-order valence-electron chi connectivity index (χ2n) is 9.87. The average molecular weight is 604 g/mol. The number of aliphatic hydroxyl groups is 1. The van der Waals surface area contributed by atoms with Crippen molar-refractivity contribution < 1.29 is 28.9 Å². The third kappa shape index (κ3) is 6.72. The quantitative estimate of drug-likeness (QED) is 0.185. The molecule has 6 N–H and O–H groups in total. The van der Waals surface area contributed by atoms with Gasteiger partial charge in [0.05, 0.1) is 25.6 Å². The number of amides is 2. The summed E-state index contributed by atoms with van der Waals surface area (Å²) in [5.41, 5.74) is 7.52. The number of benzene rings is 1. The first-order valence-corrected chi connectivity index (χ1v) is 13.9. The van der Waals surface area contributed by atoms with E-state index in [-0.39, 0.29) is 19.1 Å². The zero-order valence-electron chi connectivity index (χ0n) is 23.0. The first kappa shape index (κ1) is 29.9. The Morgan fingerprint density at radius 1 is 1.24 bits per heavy atom. The minimum absolute atomic E-state index is 0.150. The molecule has 4 heterocycles. The van der Waals surface area contributed by atoms with Crippen LogP contribution < -0.4 is 26.4 Å². The fraction of sp³-hybridized carbons (Fsp3) is 0.500. The van der Waals surface area contributed by atoms with Crippen LogP contribution in [-0.4, -0.2) is 113 Å². The van der Waals surface area contributed by atoms with Crippen LogP contribution in [0.1, 0.15) is 11.8 Å². The van der Waals surface area contributed by atoms with Crippen molar-refractivity contribution in [1.29, 1.82) is 0 Å². The van der Waals surface area contributed by atoms with Crippen molar-refractivity contribution in [3.63, 3.8) is 0 Å². The summed E-state index contributed by atoms with van der Waals surface area (Å²) in [4.78, 5) is 39.8. The van der Waals surface area contributed by atoms with Crippen LogP contribution >= 0.6 is 11.6 Å². The van der Waals surface area contributed by atoms with Gasteiger partial charge in [-0.1, -0.05) is 11.6 Å². The van der Waals surface area contributed by atoms with Gasteiger partial charge >= 0.3 is 0 Å². The maximum Gasteiger partial charge on any atom is 0.257 e. The molecule has 0 unspecified atom stereocenters. The molecular formula is C26H34ClN9O6. The van der Waals surface area contributed by atoms with Crippen LogP contribution in [0.5, 0.6) is 5.75 Å². The van der Waals surface area contributed by atoms with Gasteiger partial charge in [0, 0.05) is 50.4 Å². The van der Waals surface area contributed by atoms with Crippen LogP contribution in [-0.2, 0) is 25.6 Å². The summed E-state index contributed by atoms with van der Waals surface area (Å²) in [7, 11) is 1.47. The van der Waals surface area contributed by atoms with Crippen molar-refractivity contribution in [2.75, 3.05) is 58.4 Å². The molecule has 4 atom stereocenters. The predicted molar refractivity (Wildman–Crippen MR) is 152 cm³/mol. The number of hydrogen-bond donors (Lipinski definition) is 5. The number of nitrogens with one attached hydrogen (secondary N) is 3. The summed E-state index contributed by atoms with van der Waals surface area (Å²) in [5, 5.41) is 19.8. The largest absolute Gasteiger partial charge is 0.483 e. The molecular weight excluding hydrogens is 570 g/mol. The van der Waals surface area contributed by atoms with Gasteiger partial charge in [-0.25, -0.2) is 15.0 Å². The van der Waals surface area contributed by atoms with E-state index in [9.17, 15) is 14.7 Å². The normalized spacial score (nSPS) is 22.7. The van der Waals surface area contributed by atoms with Crippen molar-refractivity contribution >= 4 is 40.4 Å². The van der Waals surface area contributed by atoms with Gasteiger partial charge in [0.1, 0.15) is 18.2 Å². The van der Waals surface area contributed by atoms with Gasteiger partial charge in [-0.2, -0.15) is 0 Å². The predicted octanol–water partition coefficient (Wildman–Crippen LogP) is -0.749. The van der Waals surface area contributed by atoms with E-state index < -0.39 is 30.4 Å². The second kappa shape index (κ2) is 13.6. The number of morpholine rings is 1. The van der Waals surface area contributed by atoms with E-state index in [0.717, 1.165) is 19.6 Å². The third-order valence-corrected chi connectivity index (χ3v) is 7.38. The highest BCUT2D eigenvalue weighted by Gasteiger charge is 2.46. The number of aliphatic hydroxyl groups excluding tert-OH is 1. The van der Waals surface area contributed by atoms with Crippen LogP contribution in [0.4, 0.5) is 5.82 Å². The number of halogens is 1. The Hall–Kier alpha value is -3.60. The topological polar surface area (TPSA) is 191 Å². The highest BCUT2D eigenvalue weighted by Crippen LogP contribution is 2.32. The number of anilines is 1. The Kier molecular flexibility index (Phi) is 9.66. The molecule has 0 aliphatic carbocycles. The van der Waals surface area contributed by atoms with Crippen LogP contribution in [0.3, 0.4) is 0 Å². The summed E-state index contributed by atoms with van der Waals surface area (Å²) < 4.78 is 18.4. The fourth-order valence-electron chi connectivity index (χ4n) is 4.85. The number of ether oxygens (including phenoxy) is 3. The Labute approximate surface area is 246 Å². The standard InChI is InChI=1S/C26H34ClN9O6/c1-29-25(39)22-19(28)21(38)26(42-22)36-14-34-20-23(32-13-33-24(20)36)31-11-15-10-16(27)2-3-17(15)41-12-18(37)30-4-5-35-6-8-40-9-7-35/h2-3,10,13-14,19,21-22,26,38H,4-9,11-12,28H2,1H3,(H,29,39)(H,30,37)(H,31,32,33)/t19-,21+,22-,26+/m0/s1. The lowest BCUT2D eigenvalue weighted by molar-refractivity contribution is -0.134. The molecule has 0 bridgehead atoms. The first-order chi connectivity index (χ1) is 20.4. The monoisotopic (exact) mass is 603 g/mol. The van der Waals surface area contributed by atoms with Gasteiger partial charge in [0.15, 0.2) is 35.9 Å². The number of carbonyl (C=O) groups is 2. The zero-order valence-corrected chi connectivity index (χ0v) is 23.8. The maximum absolute atomic E-state index is 12.4. The molecule has 16 heteroatoms. The molecule has 15 nitrogen and oxygen atoms in total. The van der Waals surface area contributed by atoms with Gasteiger partial charge in [-0.15, -0.1) is 0 Å². The summed E-state index contributed by atoms with van der Waals surface area (Å²) in [6.45, 7) is 4.50. The van der Waals surface area contributed by atoms with E-state index in [1.807, 2.05) is 0 Å². The van der Waals surface area contributed by atoms with Gasteiger partial charge < -0.3 is 41.0 Å². The molecule has 2 aromatic heterocycles. The zero-order chi connectivity index (χ0) is 29.6. The molecule has 0 radical (unpaired) electrons. The summed E-state index contributed by atoms with van der Waals surface area (Å²) >= 11 is 6.25. The fourth-order valence-corrected chi connectivity index (χ4v) is 5.04. The SMILES string of the molecule is CNC(=O)[C@H]1O[C@@H](n2cnc3c(NCc4cc(Cl)ccc4OCC(=O)NCCN4CCOCC4)ncnc32)[C@H](O)[C@@H]1N. The highest BCUT2D eigenvalue weighted by atomic mass is 35.5. The molecule has 5 rings (SSSR count). The molecule has 2 amide bonds. The molecule has 3 aromatic rings. The van der Waals surface area contributed by atoms with E-state index in [0.29, 0.717) is 53.1 Å². The lowest BCUT2D eigenvalue weighted by Gasteiger charge is -2.26.